The summed E-state index contributed by atoms with van der Waals surface area (Å²) in [5, 5.41) is 14.6. The number of hydrogen-bond donors (Lipinski definition) is 1. The maximum atomic E-state index is 12.8. The molecule has 3 aromatic carbocycles. The van der Waals surface area contributed by atoms with Crippen molar-refractivity contribution in [3.05, 3.63) is 92.0 Å². The van der Waals surface area contributed by atoms with E-state index in [-0.39, 0.29) is 18.2 Å². The Kier molecular flexibility index (Phi) is 7.33. The minimum absolute atomic E-state index is 0.0539. The van der Waals surface area contributed by atoms with Crippen molar-refractivity contribution in [2.45, 2.75) is 27.4 Å². The van der Waals surface area contributed by atoms with Gasteiger partial charge in [0.25, 0.3) is 11.6 Å². The second-order valence-corrected chi connectivity index (χ2v) is 7.52. The molecule has 32 heavy (non-hydrogen) atoms. The van der Waals surface area contributed by atoms with Crippen molar-refractivity contribution >= 4 is 28.9 Å². The highest BCUT2D eigenvalue weighted by Gasteiger charge is 2.17. The molecule has 1 N–H and O–H groups in total. The van der Waals surface area contributed by atoms with Crippen molar-refractivity contribution in [2.75, 3.05) is 11.9 Å². The summed E-state index contributed by atoms with van der Waals surface area (Å²) in [4.78, 5) is 23.5. The number of nitrogens with zero attached hydrogens (tertiary/aromatic N) is 1. The molecule has 0 aliphatic heterocycles. The molecular weight excluding hydrogens is 432 g/mol. The third-order valence-electron chi connectivity index (χ3n) is 4.90. The quantitative estimate of drug-likeness (QED) is 0.328. The van der Waals surface area contributed by atoms with Gasteiger partial charge in [-0.05, 0) is 68.8 Å². The summed E-state index contributed by atoms with van der Waals surface area (Å²) in [6, 6.07) is 15.0. The van der Waals surface area contributed by atoms with Crippen LogP contribution in [0.15, 0.2) is 54.6 Å². The summed E-state index contributed by atoms with van der Waals surface area (Å²) in [5.41, 5.74) is 2.69. The molecule has 0 aromatic heterocycles. The van der Waals surface area contributed by atoms with Crippen molar-refractivity contribution in [3.8, 4) is 11.5 Å². The third-order valence-corrected chi connectivity index (χ3v) is 5.32. The van der Waals surface area contributed by atoms with Crippen LogP contribution in [0, 0.1) is 24.0 Å². The second-order valence-electron chi connectivity index (χ2n) is 7.12. The first kappa shape index (κ1) is 23.1. The number of carbonyl (C=O) groups is 1. The van der Waals surface area contributed by atoms with Crippen LogP contribution in [0.3, 0.4) is 0 Å². The Hall–Kier alpha value is -3.58. The summed E-state index contributed by atoms with van der Waals surface area (Å²) in [5.74, 6) is 0.873. The smallest absolute Gasteiger partial charge is 0.274 e. The first-order chi connectivity index (χ1) is 15.3. The molecule has 0 unspecified atom stereocenters. The summed E-state index contributed by atoms with van der Waals surface area (Å²) in [7, 11) is 0. The lowest BCUT2D eigenvalue weighted by Crippen LogP contribution is -2.14. The van der Waals surface area contributed by atoms with Crippen LogP contribution >= 0.6 is 11.6 Å². The number of nitro groups is 1. The van der Waals surface area contributed by atoms with E-state index in [2.05, 4.69) is 5.32 Å². The summed E-state index contributed by atoms with van der Waals surface area (Å²) in [6.45, 7) is 6.01. The highest BCUT2D eigenvalue weighted by Crippen LogP contribution is 2.28. The minimum atomic E-state index is -0.476. The first-order valence-corrected chi connectivity index (χ1v) is 10.4. The number of amides is 1. The van der Waals surface area contributed by atoms with E-state index in [0.717, 1.165) is 5.56 Å². The lowest BCUT2D eigenvalue weighted by Gasteiger charge is -2.14. The Morgan fingerprint density at radius 2 is 1.88 bits per heavy atom. The Labute approximate surface area is 191 Å². The lowest BCUT2D eigenvalue weighted by atomic mass is 10.1. The van der Waals surface area contributed by atoms with Crippen LogP contribution in [-0.2, 0) is 6.61 Å². The molecule has 7 nitrogen and oxygen atoms in total. The van der Waals surface area contributed by atoms with E-state index < -0.39 is 4.92 Å². The normalized spacial score (nSPS) is 10.5. The van der Waals surface area contributed by atoms with E-state index >= 15 is 0 Å². The van der Waals surface area contributed by atoms with Gasteiger partial charge in [0.1, 0.15) is 18.1 Å². The summed E-state index contributed by atoms with van der Waals surface area (Å²) >= 11 is 6.07. The molecule has 0 bridgehead atoms. The van der Waals surface area contributed by atoms with Gasteiger partial charge in [0.2, 0.25) is 0 Å². The molecule has 0 radical (unpaired) electrons. The van der Waals surface area contributed by atoms with Gasteiger partial charge in [0.15, 0.2) is 0 Å². The fourth-order valence-electron chi connectivity index (χ4n) is 3.15. The van der Waals surface area contributed by atoms with Crippen molar-refractivity contribution < 1.29 is 19.2 Å². The molecule has 0 fully saturated rings. The zero-order valence-corrected chi connectivity index (χ0v) is 18.7. The predicted octanol–water partition coefficient (Wildman–Crippen LogP) is 6.10. The molecule has 0 aliphatic rings. The molecule has 0 heterocycles. The number of benzene rings is 3. The van der Waals surface area contributed by atoms with E-state index in [1.54, 1.807) is 43.3 Å². The molecule has 3 rings (SSSR count). The molecule has 1 amide bonds. The molecular formula is C24H23ClN2O5. The maximum Gasteiger partial charge on any atom is 0.274 e. The number of nitro benzene ring substituents is 1. The van der Waals surface area contributed by atoms with Crippen molar-refractivity contribution in [1.29, 1.82) is 0 Å². The summed E-state index contributed by atoms with van der Waals surface area (Å²) < 4.78 is 11.6. The standard InChI is InChI=1S/C24H23ClN2O5/c1-4-31-23-11-8-17(13-18(23)14-32-19-9-10-20(25)15(2)12-19)24(28)26-21-6-5-7-22(16(21)3)27(29)30/h5-13H,4,14H2,1-3H3,(H,26,28). The predicted molar refractivity (Wildman–Crippen MR) is 124 cm³/mol. The number of rotatable bonds is 8. The van der Waals surface area contributed by atoms with Gasteiger partial charge in [-0.1, -0.05) is 17.7 Å². The van der Waals surface area contributed by atoms with Gasteiger partial charge in [0, 0.05) is 22.2 Å². The van der Waals surface area contributed by atoms with Crippen molar-refractivity contribution in [3.63, 3.8) is 0 Å². The Balaban J connectivity index is 1.83. The fraction of sp³-hybridized carbons (Fsp3) is 0.208. The fourth-order valence-corrected chi connectivity index (χ4v) is 3.27. The van der Waals surface area contributed by atoms with Crippen LogP contribution in [-0.4, -0.2) is 17.4 Å². The van der Waals surface area contributed by atoms with Crippen molar-refractivity contribution in [2.24, 2.45) is 0 Å². The SMILES string of the molecule is CCOc1ccc(C(=O)Nc2cccc([N+](=O)[O-])c2C)cc1COc1ccc(Cl)c(C)c1. The largest absolute Gasteiger partial charge is 0.493 e. The van der Waals surface area contributed by atoms with Gasteiger partial charge in [0.05, 0.1) is 22.8 Å². The van der Waals surface area contributed by atoms with Crippen molar-refractivity contribution in [1.82, 2.24) is 0 Å². The second kappa shape index (κ2) is 10.2. The average Bonchev–Trinajstić information content (AvgIpc) is 2.76. The van der Waals surface area contributed by atoms with E-state index in [4.69, 9.17) is 21.1 Å². The van der Waals surface area contributed by atoms with Crippen LogP contribution in [0.4, 0.5) is 11.4 Å². The average molecular weight is 455 g/mol. The Morgan fingerprint density at radius 3 is 2.56 bits per heavy atom. The number of anilines is 1. The number of ether oxygens (including phenoxy) is 2. The Bertz CT molecular complexity index is 1160. The molecule has 0 spiro atoms. The van der Waals surface area contributed by atoms with Gasteiger partial charge < -0.3 is 14.8 Å². The first-order valence-electron chi connectivity index (χ1n) is 10.00. The highest BCUT2D eigenvalue weighted by atomic mass is 35.5. The van der Waals surface area contributed by atoms with Crippen LogP contribution < -0.4 is 14.8 Å². The van der Waals surface area contributed by atoms with Gasteiger partial charge >= 0.3 is 0 Å². The zero-order valence-electron chi connectivity index (χ0n) is 18.0. The summed E-state index contributed by atoms with van der Waals surface area (Å²) in [6.07, 6.45) is 0. The molecule has 0 saturated heterocycles. The Morgan fingerprint density at radius 1 is 1.09 bits per heavy atom. The van der Waals surface area contributed by atoms with E-state index in [9.17, 15) is 14.9 Å². The number of carbonyl (C=O) groups excluding carboxylic acids is 1. The molecule has 166 valence electrons. The number of nitrogens with one attached hydrogen (secondary N) is 1. The van der Waals surface area contributed by atoms with E-state index in [1.165, 1.54) is 12.1 Å². The monoisotopic (exact) mass is 454 g/mol. The number of halogens is 1. The number of aryl methyl sites for hydroxylation is 1. The van der Waals surface area contributed by atoms with Crippen LogP contribution in [0.2, 0.25) is 5.02 Å². The maximum absolute atomic E-state index is 12.8. The third kappa shape index (κ3) is 5.36. The van der Waals surface area contributed by atoms with Crippen LogP contribution in [0.1, 0.15) is 34.0 Å². The molecule has 0 atom stereocenters. The van der Waals surface area contributed by atoms with Crippen LogP contribution in [0.25, 0.3) is 0 Å². The molecule has 0 aliphatic carbocycles. The van der Waals surface area contributed by atoms with Gasteiger partial charge in [-0.15, -0.1) is 0 Å². The highest BCUT2D eigenvalue weighted by molar-refractivity contribution is 6.31. The molecule has 0 saturated carbocycles. The zero-order chi connectivity index (χ0) is 23.3. The molecule has 8 heteroatoms. The lowest BCUT2D eigenvalue weighted by molar-refractivity contribution is -0.385. The molecule has 3 aromatic rings. The van der Waals surface area contributed by atoms with Gasteiger partial charge in [-0.3, -0.25) is 14.9 Å². The van der Waals surface area contributed by atoms with Crippen LogP contribution in [0.5, 0.6) is 11.5 Å². The topological polar surface area (TPSA) is 90.7 Å². The van der Waals surface area contributed by atoms with E-state index in [0.29, 0.717) is 45.5 Å². The van der Waals surface area contributed by atoms with Gasteiger partial charge in [-0.2, -0.15) is 0 Å². The van der Waals surface area contributed by atoms with Gasteiger partial charge in [-0.25, -0.2) is 0 Å². The number of hydrogen-bond acceptors (Lipinski definition) is 5. The minimum Gasteiger partial charge on any atom is -0.493 e. The van der Waals surface area contributed by atoms with E-state index in [1.807, 2.05) is 19.9 Å².